The van der Waals surface area contributed by atoms with Crippen molar-refractivity contribution in [2.45, 2.75) is 19.4 Å². The van der Waals surface area contributed by atoms with Crippen molar-refractivity contribution in [3.63, 3.8) is 0 Å². The number of carbonyl (C=O) groups excluding carboxylic acids is 1. The summed E-state index contributed by atoms with van der Waals surface area (Å²) in [5.41, 5.74) is 0.928. The van der Waals surface area contributed by atoms with E-state index >= 15 is 0 Å². The summed E-state index contributed by atoms with van der Waals surface area (Å²) in [6, 6.07) is 0. The fourth-order valence-electron chi connectivity index (χ4n) is 0.889. The van der Waals surface area contributed by atoms with E-state index in [1.165, 1.54) is 0 Å². The van der Waals surface area contributed by atoms with Gasteiger partial charge in [0, 0.05) is 13.5 Å². The number of hydrogen-bond acceptors (Lipinski definition) is 2. The van der Waals surface area contributed by atoms with Crippen molar-refractivity contribution >= 4 is 5.91 Å². The maximum atomic E-state index is 11.2. The molecule has 0 aliphatic rings. The molecule has 0 heterocycles. The molecule has 0 spiro atoms. The smallest absolute Gasteiger partial charge is 0.249 e. The molecule has 1 amide bonds. The summed E-state index contributed by atoms with van der Waals surface area (Å²) in [5, 5.41) is 2.54. The van der Waals surface area contributed by atoms with E-state index in [9.17, 15) is 4.79 Å². The van der Waals surface area contributed by atoms with Gasteiger partial charge in [0.15, 0.2) is 0 Å². The lowest BCUT2D eigenvalue weighted by molar-refractivity contribution is -0.131. The van der Waals surface area contributed by atoms with E-state index in [1.807, 2.05) is 6.92 Å². The van der Waals surface area contributed by atoms with Gasteiger partial charge in [0.25, 0.3) is 0 Å². The third-order valence-corrected chi connectivity index (χ3v) is 1.49. The standard InChI is InChI=1S/C10H17NO2/c1-5-6-13-9(7-8(2)3)10(12)11-4/h5,9H,1-2,6-7H2,3-4H3,(H,11,12). The van der Waals surface area contributed by atoms with Crippen LogP contribution in [-0.2, 0) is 9.53 Å². The molecule has 0 aliphatic heterocycles. The predicted molar refractivity (Wildman–Crippen MR) is 53.4 cm³/mol. The van der Waals surface area contributed by atoms with Crippen molar-refractivity contribution in [3.05, 3.63) is 24.8 Å². The maximum absolute atomic E-state index is 11.2. The summed E-state index contributed by atoms with van der Waals surface area (Å²) in [5.74, 6) is -0.121. The highest BCUT2D eigenvalue weighted by Gasteiger charge is 2.16. The zero-order valence-electron chi connectivity index (χ0n) is 8.30. The topological polar surface area (TPSA) is 38.3 Å². The van der Waals surface area contributed by atoms with E-state index in [0.29, 0.717) is 13.0 Å². The molecule has 0 rings (SSSR count). The first-order valence-electron chi connectivity index (χ1n) is 4.20. The van der Waals surface area contributed by atoms with Gasteiger partial charge in [-0.2, -0.15) is 0 Å². The molecule has 1 atom stereocenters. The summed E-state index contributed by atoms with van der Waals surface area (Å²) in [4.78, 5) is 11.2. The normalized spacial score (nSPS) is 11.8. The van der Waals surface area contributed by atoms with Crippen LogP contribution in [0.3, 0.4) is 0 Å². The minimum Gasteiger partial charge on any atom is -0.364 e. The first-order chi connectivity index (χ1) is 6.11. The Hall–Kier alpha value is -1.09. The molecule has 13 heavy (non-hydrogen) atoms. The number of ether oxygens (including phenoxy) is 1. The van der Waals surface area contributed by atoms with Crippen LogP contribution in [0.1, 0.15) is 13.3 Å². The quantitative estimate of drug-likeness (QED) is 0.630. The van der Waals surface area contributed by atoms with Gasteiger partial charge in [0.2, 0.25) is 5.91 Å². The average Bonchev–Trinajstić information content (AvgIpc) is 2.10. The van der Waals surface area contributed by atoms with Gasteiger partial charge >= 0.3 is 0 Å². The molecular formula is C10H17NO2. The van der Waals surface area contributed by atoms with E-state index in [-0.39, 0.29) is 5.91 Å². The second-order valence-corrected chi connectivity index (χ2v) is 2.89. The summed E-state index contributed by atoms with van der Waals surface area (Å²) < 4.78 is 5.26. The van der Waals surface area contributed by atoms with E-state index in [1.54, 1.807) is 13.1 Å². The number of rotatable bonds is 6. The Kier molecular flexibility index (Phi) is 5.89. The molecule has 1 N–H and O–H groups in total. The number of amides is 1. The molecule has 0 saturated heterocycles. The molecule has 0 aromatic heterocycles. The third kappa shape index (κ3) is 5.20. The fraction of sp³-hybridized carbons (Fsp3) is 0.500. The molecule has 0 aliphatic carbocycles. The Morgan fingerprint density at radius 2 is 2.31 bits per heavy atom. The van der Waals surface area contributed by atoms with E-state index in [4.69, 9.17) is 4.74 Å². The Morgan fingerprint density at radius 1 is 1.69 bits per heavy atom. The van der Waals surface area contributed by atoms with Crippen LogP contribution in [0.15, 0.2) is 24.8 Å². The van der Waals surface area contributed by atoms with Gasteiger partial charge in [-0.15, -0.1) is 13.2 Å². The first-order valence-corrected chi connectivity index (χ1v) is 4.20. The number of carbonyl (C=O) groups is 1. The number of nitrogens with one attached hydrogen (secondary N) is 1. The van der Waals surface area contributed by atoms with Crippen molar-refractivity contribution in [1.82, 2.24) is 5.32 Å². The van der Waals surface area contributed by atoms with Crippen LogP contribution in [0.5, 0.6) is 0 Å². The molecule has 3 heteroatoms. The zero-order valence-corrected chi connectivity index (χ0v) is 8.30. The highest BCUT2D eigenvalue weighted by Crippen LogP contribution is 2.06. The number of hydrogen-bond donors (Lipinski definition) is 1. The van der Waals surface area contributed by atoms with Crippen molar-refractivity contribution in [1.29, 1.82) is 0 Å². The van der Waals surface area contributed by atoms with E-state index < -0.39 is 6.10 Å². The highest BCUT2D eigenvalue weighted by molar-refractivity contribution is 5.80. The molecule has 1 unspecified atom stereocenters. The highest BCUT2D eigenvalue weighted by atomic mass is 16.5. The Morgan fingerprint density at radius 3 is 2.69 bits per heavy atom. The molecular weight excluding hydrogens is 166 g/mol. The lowest BCUT2D eigenvalue weighted by Gasteiger charge is -2.14. The van der Waals surface area contributed by atoms with Crippen LogP contribution in [0.2, 0.25) is 0 Å². The molecule has 3 nitrogen and oxygen atoms in total. The van der Waals surface area contributed by atoms with Gasteiger partial charge in [-0.1, -0.05) is 11.6 Å². The van der Waals surface area contributed by atoms with Crippen LogP contribution in [-0.4, -0.2) is 25.7 Å². The van der Waals surface area contributed by atoms with Crippen LogP contribution in [0.4, 0.5) is 0 Å². The Bertz CT molecular complexity index is 199. The Labute approximate surface area is 79.5 Å². The second-order valence-electron chi connectivity index (χ2n) is 2.89. The minimum atomic E-state index is -0.444. The summed E-state index contributed by atoms with van der Waals surface area (Å²) in [6.07, 6.45) is 1.72. The molecule has 0 aromatic carbocycles. The third-order valence-electron chi connectivity index (χ3n) is 1.49. The van der Waals surface area contributed by atoms with Crippen molar-refractivity contribution < 1.29 is 9.53 Å². The predicted octanol–water partition coefficient (Wildman–Crippen LogP) is 1.27. The van der Waals surface area contributed by atoms with Crippen LogP contribution in [0, 0.1) is 0 Å². The molecule has 0 aromatic rings. The van der Waals surface area contributed by atoms with Gasteiger partial charge in [0.1, 0.15) is 6.10 Å². The average molecular weight is 183 g/mol. The Balaban J connectivity index is 4.09. The van der Waals surface area contributed by atoms with Gasteiger partial charge in [-0.3, -0.25) is 4.79 Å². The SMILES string of the molecule is C=CCOC(CC(=C)C)C(=O)NC. The van der Waals surface area contributed by atoms with Gasteiger partial charge in [-0.25, -0.2) is 0 Å². The summed E-state index contributed by atoms with van der Waals surface area (Å²) >= 11 is 0. The van der Waals surface area contributed by atoms with Crippen LogP contribution in [0.25, 0.3) is 0 Å². The summed E-state index contributed by atoms with van der Waals surface area (Å²) in [7, 11) is 1.59. The molecule has 0 radical (unpaired) electrons. The molecule has 0 fully saturated rings. The minimum absolute atomic E-state index is 0.121. The van der Waals surface area contributed by atoms with E-state index in [2.05, 4.69) is 18.5 Å². The zero-order chi connectivity index (χ0) is 10.3. The maximum Gasteiger partial charge on any atom is 0.249 e. The largest absolute Gasteiger partial charge is 0.364 e. The van der Waals surface area contributed by atoms with Gasteiger partial charge in [-0.05, 0) is 6.92 Å². The van der Waals surface area contributed by atoms with E-state index in [0.717, 1.165) is 5.57 Å². The van der Waals surface area contributed by atoms with Crippen molar-refractivity contribution in [2.24, 2.45) is 0 Å². The van der Waals surface area contributed by atoms with Crippen molar-refractivity contribution in [3.8, 4) is 0 Å². The van der Waals surface area contributed by atoms with Gasteiger partial charge in [0.05, 0.1) is 6.61 Å². The second kappa shape index (κ2) is 6.43. The monoisotopic (exact) mass is 183 g/mol. The summed E-state index contributed by atoms with van der Waals surface area (Å²) in [6.45, 7) is 9.50. The first kappa shape index (κ1) is 11.9. The van der Waals surface area contributed by atoms with Crippen LogP contribution >= 0.6 is 0 Å². The van der Waals surface area contributed by atoms with Crippen LogP contribution < -0.4 is 5.32 Å². The van der Waals surface area contributed by atoms with Gasteiger partial charge < -0.3 is 10.1 Å². The lowest BCUT2D eigenvalue weighted by atomic mass is 10.1. The lowest BCUT2D eigenvalue weighted by Crippen LogP contribution is -2.34. The molecule has 74 valence electrons. The fourth-order valence-corrected chi connectivity index (χ4v) is 0.889. The number of likely N-dealkylation sites (N-methyl/N-ethyl adjacent to an activating group) is 1. The molecule has 0 saturated carbocycles. The van der Waals surface area contributed by atoms with Crippen molar-refractivity contribution in [2.75, 3.05) is 13.7 Å². The molecule has 0 bridgehead atoms.